The Morgan fingerprint density at radius 2 is 2.15 bits per heavy atom. The molecular formula is C15H16BrFN2S. The summed E-state index contributed by atoms with van der Waals surface area (Å²) >= 11 is 4.94. The van der Waals surface area contributed by atoms with Crippen molar-refractivity contribution in [2.75, 3.05) is 6.54 Å². The van der Waals surface area contributed by atoms with Crippen LogP contribution in [0.5, 0.6) is 0 Å². The van der Waals surface area contributed by atoms with E-state index in [-0.39, 0.29) is 5.82 Å². The van der Waals surface area contributed by atoms with E-state index in [1.807, 2.05) is 18.2 Å². The minimum Gasteiger partial charge on any atom is -0.313 e. The van der Waals surface area contributed by atoms with Crippen LogP contribution in [-0.2, 0) is 6.54 Å². The Morgan fingerprint density at radius 3 is 2.90 bits per heavy atom. The van der Waals surface area contributed by atoms with Crippen LogP contribution in [-0.4, -0.2) is 11.5 Å². The van der Waals surface area contributed by atoms with Gasteiger partial charge in [0.1, 0.15) is 10.8 Å². The fourth-order valence-electron chi connectivity index (χ4n) is 1.75. The van der Waals surface area contributed by atoms with Crippen molar-refractivity contribution in [2.24, 2.45) is 0 Å². The first-order chi connectivity index (χ1) is 9.72. The maximum atomic E-state index is 14.0. The lowest BCUT2D eigenvalue weighted by Crippen LogP contribution is -2.15. The first kappa shape index (κ1) is 15.5. The Hall–Kier alpha value is -0.910. The lowest BCUT2D eigenvalue weighted by Gasteiger charge is -2.11. The Balaban J connectivity index is 2.23. The summed E-state index contributed by atoms with van der Waals surface area (Å²) in [5.74, 6) is -0.175. The topological polar surface area (TPSA) is 24.9 Å². The highest BCUT2D eigenvalue weighted by atomic mass is 79.9. The van der Waals surface area contributed by atoms with Crippen LogP contribution in [0.25, 0.3) is 0 Å². The first-order valence-electron chi connectivity index (χ1n) is 6.49. The maximum absolute atomic E-state index is 14.0. The average molecular weight is 355 g/mol. The van der Waals surface area contributed by atoms with Gasteiger partial charge in [-0.3, -0.25) is 0 Å². The van der Waals surface area contributed by atoms with Gasteiger partial charge in [-0.05, 0) is 53.2 Å². The largest absolute Gasteiger partial charge is 0.313 e. The molecule has 0 saturated heterocycles. The predicted octanol–water partition coefficient (Wildman–Crippen LogP) is 4.63. The molecule has 1 N–H and O–H groups in total. The first-order valence-corrected chi connectivity index (χ1v) is 8.09. The van der Waals surface area contributed by atoms with Gasteiger partial charge < -0.3 is 5.32 Å². The minimum absolute atomic E-state index is 0.175. The molecule has 2 nitrogen and oxygen atoms in total. The summed E-state index contributed by atoms with van der Waals surface area (Å²) in [6.07, 6.45) is 2.77. The van der Waals surface area contributed by atoms with Crippen LogP contribution in [0.4, 0.5) is 4.39 Å². The summed E-state index contributed by atoms with van der Waals surface area (Å²) in [5.41, 5.74) is 0.698. The average Bonchev–Trinajstić information content (AvgIpc) is 2.44. The monoisotopic (exact) mass is 354 g/mol. The molecule has 20 heavy (non-hydrogen) atoms. The SMILES string of the molecule is CCCNCc1c(F)cccc1Sc1ncccc1Br. The molecule has 2 rings (SSSR count). The molecule has 0 saturated carbocycles. The standard InChI is InChI=1S/C15H16BrFN2S/c1-2-8-18-10-11-13(17)6-3-7-14(11)20-15-12(16)5-4-9-19-15/h3-7,9,18H,2,8,10H2,1H3. The van der Waals surface area contributed by atoms with E-state index < -0.39 is 0 Å². The van der Waals surface area contributed by atoms with Gasteiger partial charge in [-0.1, -0.05) is 24.8 Å². The molecule has 0 fully saturated rings. The normalized spacial score (nSPS) is 10.8. The second kappa shape index (κ2) is 7.76. The number of nitrogens with one attached hydrogen (secondary N) is 1. The molecular weight excluding hydrogens is 339 g/mol. The Labute approximate surface area is 131 Å². The highest BCUT2D eigenvalue weighted by Crippen LogP contribution is 2.34. The maximum Gasteiger partial charge on any atom is 0.128 e. The third kappa shape index (κ3) is 4.04. The van der Waals surface area contributed by atoms with Crippen LogP contribution < -0.4 is 5.32 Å². The second-order valence-corrected chi connectivity index (χ2v) is 6.17. The van der Waals surface area contributed by atoms with Crippen molar-refractivity contribution in [1.82, 2.24) is 10.3 Å². The van der Waals surface area contributed by atoms with Gasteiger partial charge in [0.15, 0.2) is 0 Å². The third-order valence-electron chi connectivity index (χ3n) is 2.74. The zero-order valence-corrected chi connectivity index (χ0v) is 13.6. The van der Waals surface area contributed by atoms with E-state index in [2.05, 4.69) is 33.2 Å². The molecule has 1 heterocycles. The van der Waals surface area contributed by atoms with Crippen molar-refractivity contribution in [1.29, 1.82) is 0 Å². The van der Waals surface area contributed by atoms with Crippen LogP contribution in [0.15, 0.2) is 50.9 Å². The van der Waals surface area contributed by atoms with Crippen molar-refractivity contribution in [2.45, 2.75) is 29.8 Å². The fraction of sp³-hybridized carbons (Fsp3) is 0.267. The summed E-state index contributed by atoms with van der Waals surface area (Å²) in [6.45, 7) is 3.51. The van der Waals surface area contributed by atoms with Crippen molar-refractivity contribution in [3.8, 4) is 0 Å². The molecule has 5 heteroatoms. The summed E-state index contributed by atoms with van der Waals surface area (Å²) in [7, 11) is 0. The fourth-order valence-corrected chi connectivity index (χ4v) is 3.17. The zero-order valence-electron chi connectivity index (χ0n) is 11.2. The quantitative estimate of drug-likeness (QED) is 0.765. The van der Waals surface area contributed by atoms with Crippen molar-refractivity contribution >= 4 is 27.7 Å². The number of nitrogens with zero attached hydrogens (tertiary/aromatic N) is 1. The molecule has 0 aliphatic heterocycles. The van der Waals surface area contributed by atoms with Gasteiger partial charge in [-0.2, -0.15) is 0 Å². The molecule has 0 aliphatic rings. The molecule has 0 radical (unpaired) electrons. The molecule has 0 aliphatic carbocycles. The molecule has 0 amide bonds. The molecule has 0 atom stereocenters. The minimum atomic E-state index is -0.175. The smallest absolute Gasteiger partial charge is 0.128 e. The van der Waals surface area contributed by atoms with E-state index in [1.165, 1.54) is 17.8 Å². The molecule has 1 aromatic carbocycles. The summed E-state index contributed by atoms with van der Waals surface area (Å²) in [4.78, 5) is 5.21. The van der Waals surface area contributed by atoms with Crippen LogP contribution in [0.2, 0.25) is 0 Å². The van der Waals surface area contributed by atoms with Crippen LogP contribution in [0.3, 0.4) is 0 Å². The van der Waals surface area contributed by atoms with Crippen LogP contribution in [0.1, 0.15) is 18.9 Å². The lowest BCUT2D eigenvalue weighted by atomic mass is 10.2. The van der Waals surface area contributed by atoms with Gasteiger partial charge in [0, 0.05) is 23.2 Å². The van der Waals surface area contributed by atoms with Gasteiger partial charge >= 0.3 is 0 Å². The van der Waals surface area contributed by atoms with E-state index in [9.17, 15) is 4.39 Å². The number of pyridine rings is 1. The van der Waals surface area contributed by atoms with E-state index in [0.717, 1.165) is 27.4 Å². The van der Waals surface area contributed by atoms with Crippen molar-refractivity contribution < 1.29 is 4.39 Å². The number of halogens is 2. The van der Waals surface area contributed by atoms with Crippen LogP contribution >= 0.6 is 27.7 Å². The van der Waals surface area contributed by atoms with Gasteiger partial charge in [-0.15, -0.1) is 0 Å². The van der Waals surface area contributed by atoms with E-state index in [0.29, 0.717) is 12.1 Å². The highest BCUT2D eigenvalue weighted by Gasteiger charge is 2.11. The predicted molar refractivity (Wildman–Crippen MR) is 84.5 cm³/mol. The molecule has 0 unspecified atom stereocenters. The highest BCUT2D eigenvalue weighted by molar-refractivity contribution is 9.10. The molecule has 0 bridgehead atoms. The van der Waals surface area contributed by atoms with Gasteiger partial charge in [-0.25, -0.2) is 9.37 Å². The van der Waals surface area contributed by atoms with E-state index in [1.54, 1.807) is 12.3 Å². The third-order valence-corrected chi connectivity index (χ3v) is 4.76. The second-order valence-electron chi connectivity index (χ2n) is 4.29. The van der Waals surface area contributed by atoms with E-state index >= 15 is 0 Å². The number of hydrogen-bond donors (Lipinski definition) is 1. The number of aromatic nitrogens is 1. The Bertz CT molecular complexity index is 578. The molecule has 1 aromatic heterocycles. The molecule has 0 spiro atoms. The lowest BCUT2D eigenvalue weighted by molar-refractivity contribution is 0.578. The number of hydrogen-bond acceptors (Lipinski definition) is 3. The van der Waals surface area contributed by atoms with Crippen LogP contribution in [0, 0.1) is 5.82 Å². The molecule has 106 valence electrons. The summed E-state index contributed by atoms with van der Waals surface area (Å²) in [5, 5.41) is 4.09. The van der Waals surface area contributed by atoms with Crippen molar-refractivity contribution in [3.63, 3.8) is 0 Å². The Kier molecular flexibility index (Phi) is 6.01. The van der Waals surface area contributed by atoms with Crippen molar-refractivity contribution in [3.05, 3.63) is 52.4 Å². The van der Waals surface area contributed by atoms with Gasteiger partial charge in [0.2, 0.25) is 0 Å². The Morgan fingerprint density at radius 1 is 1.30 bits per heavy atom. The van der Waals surface area contributed by atoms with Gasteiger partial charge in [0.05, 0.1) is 4.47 Å². The number of benzene rings is 1. The van der Waals surface area contributed by atoms with Gasteiger partial charge in [0.25, 0.3) is 0 Å². The zero-order chi connectivity index (χ0) is 14.4. The van der Waals surface area contributed by atoms with E-state index in [4.69, 9.17) is 0 Å². The summed E-state index contributed by atoms with van der Waals surface area (Å²) < 4.78 is 14.9. The summed E-state index contributed by atoms with van der Waals surface area (Å²) in [6, 6.07) is 8.96. The number of rotatable bonds is 6. The molecule has 2 aromatic rings.